The monoisotopic (exact) mass is 435 g/mol. The molecule has 0 amide bonds. The number of pyridine rings is 1. The zero-order valence-corrected chi connectivity index (χ0v) is 19.2. The molecule has 0 bridgehead atoms. The lowest BCUT2D eigenvalue weighted by atomic mass is 10.1. The van der Waals surface area contributed by atoms with E-state index in [-0.39, 0.29) is 17.2 Å². The SMILES string of the molecule is CC(CC(Oc1ccc(Br)cc1)c1ccncc1)O[Si](C)(C)C(C)(C)C. The van der Waals surface area contributed by atoms with Crippen LogP contribution in [0, 0.1) is 0 Å². The number of halogens is 1. The Kier molecular flexibility index (Phi) is 7.05. The van der Waals surface area contributed by atoms with Crippen LogP contribution >= 0.6 is 15.9 Å². The molecule has 0 aliphatic rings. The molecule has 0 spiro atoms. The van der Waals surface area contributed by atoms with Gasteiger partial charge in [-0.05, 0) is 67.0 Å². The Morgan fingerprint density at radius 1 is 1.04 bits per heavy atom. The first-order chi connectivity index (χ1) is 12.1. The number of hydrogen-bond donors (Lipinski definition) is 0. The number of rotatable bonds is 7. The third kappa shape index (κ3) is 5.93. The Morgan fingerprint density at radius 3 is 2.15 bits per heavy atom. The molecular formula is C21H30BrNO2Si. The molecule has 2 unspecified atom stereocenters. The van der Waals surface area contributed by atoms with Gasteiger partial charge in [0, 0.05) is 29.4 Å². The van der Waals surface area contributed by atoms with Crippen LogP contribution in [0.15, 0.2) is 53.3 Å². The predicted molar refractivity (Wildman–Crippen MR) is 114 cm³/mol. The molecule has 2 aromatic rings. The third-order valence-electron chi connectivity index (χ3n) is 5.02. The summed E-state index contributed by atoms with van der Waals surface area (Å²) in [7, 11) is -1.81. The first-order valence-corrected chi connectivity index (χ1v) is 12.8. The maximum Gasteiger partial charge on any atom is 0.192 e. The van der Waals surface area contributed by atoms with Gasteiger partial charge in [0.2, 0.25) is 0 Å². The average molecular weight is 436 g/mol. The van der Waals surface area contributed by atoms with Crippen molar-refractivity contribution in [3.8, 4) is 5.75 Å². The summed E-state index contributed by atoms with van der Waals surface area (Å²) in [6.45, 7) is 13.5. The maximum absolute atomic E-state index is 6.55. The predicted octanol–water partition coefficient (Wildman–Crippen LogP) is 6.76. The molecule has 0 N–H and O–H groups in total. The van der Waals surface area contributed by atoms with Gasteiger partial charge in [-0.1, -0.05) is 36.7 Å². The van der Waals surface area contributed by atoms with Gasteiger partial charge in [-0.15, -0.1) is 0 Å². The standard InChI is InChI=1S/C21H30BrNO2Si/c1-16(25-26(5,6)21(2,3)4)15-20(17-11-13-23-14-12-17)24-19-9-7-18(22)8-10-19/h7-14,16,20H,15H2,1-6H3. The van der Waals surface area contributed by atoms with Crippen molar-refractivity contribution in [2.75, 3.05) is 0 Å². The summed E-state index contributed by atoms with van der Waals surface area (Å²) in [5.41, 5.74) is 1.12. The molecule has 0 radical (unpaired) electrons. The minimum Gasteiger partial charge on any atom is -0.486 e. The van der Waals surface area contributed by atoms with Crippen LogP contribution in [0.4, 0.5) is 0 Å². The molecule has 26 heavy (non-hydrogen) atoms. The van der Waals surface area contributed by atoms with Crippen LogP contribution in [0.5, 0.6) is 5.75 Å². The van der Waals surface area contributed by atoms with Gasteiger partial charge in [0.05, 0.1) is 0 Å². The molecule has 0 aliphatic heterocycles. The number of benzene rings is 1. The van der Waals surface area contributed by atoms with Crippen LogP contribution < -0.4 is 4.74 Å². The van der Waals surface area contributed by atoms with E-state index in [1.165, 1.54) is 0 Å². The highest BCUT2D eigenvalue weighted by molar-refractivity contribution is 9.10. The summed E-state index contributed by atoms with van der Waals surface area (Å²) in [4.78, 5) is 4.13. The van der Waals surface area contributed by atoms with Gasteiger partial charge in [-0.25, -0.2) is 0 Å². The number of aromatic nitrogens is 1. The lowest BCUT2D eigenvalue weighted by Gasteiger charge is -2.39. The Balaban J connectivity index is 2.15. The molecular weight excluding hydrogens is 406 g/mol. The van der Waals surface area contributed by atoms with Gasteiger partial charge in [-0.3, -0.25) is 4.98 Å². The number of ether oxygens (including phenoxy) is 1. The van der Waals surface area contributed by atoms with Gasteiger partial charge in [-0.2, -0.15) is 0 Å². The lowest BCUT2D eigenvalue weighted by molar-refractivity contribution is 0.111. The first kappa shape index (κ1) is 21.1. The van der Waals surface area contributed by atoms with E-state index in [1.807, 2.05) is 48.8 Å². The molecule has 1 aromatic heterocycles. The van der Waals surface area contributed by atoms with Crippen molar-refractivity contribution < 1.29 is 9.16 Å². The Hall–Kier alpha value is -1.17. The minimum atomic E-state index is -1.81. The van der Waals surface area contributed by atoms with Crippen molar-refractivity contribution in [1.82, 2.24) is 4.98 Å². The van der Waals surface area contributed by atoms with Crippen LogP contribution in [0.1, 0.15) is 45.8 Å². The van der Waals surface area contributed by atoms with Crippen LogP contribution in [-0.2, 0) is 4.43 Å². The van der Waals surface area contributed by atoms with Gasteiger partial charge < -0.3 is 9.16 Å². The highest BCUT2D eigenvalue weighted by atomic mass is 79.9. The Morgan fingerprint density at radius 2 is 1.62 bits per heavy atom. The second-order valence-corrected chi connectivity index (χ2v) is 13.9. The molecule has 0 saturated heterocycles. The molecule has 0 saturated carbocycles. The van der Waals surface area contributed by atoms with E-state index in [2.05, 4.69) is 61.7 Å². The van der Waals surface area contributed by atoms with E-state index in [1.54, 1.807) is 0 Å². The van der Waals surface area contributed by atoms with Crippen molar-refractivity contribution in [2.24, 2.45) is 0 Å². The van der Waals surface area contributed by atoms with Crippen molar-refractivity contribution in [2.45, 2.75) is 64.5 Å². The Labute approximate surface area is 167 Å². The van der Waals surface area contributed by atoms with Gasteiger partial charge >= 0.3 is 0 Å². The average Bonchev–Trinajstić information content (AvgIpc) is 2.55. The molecule has 2 rings (SSSR count). The summed E-state index contributed by atoms with van der Waals surface area (Å²) < 4.78 is 13.9. The summed E-state index contributed by atoms with van der Waals surface area (Å²) in [6.07, 6.45) is 4.47. The second kappa shape index (κ2) is 8.68. The van der Waals surface area contributed by atoms with Crippen molar-refractivity contribution in [3.05, 3.63) is 58.8 Å². The highest BCUT2D eigenvalue weighted by Gasteiger charge is 2.38. The summed E-state index contributed by atoms with van der Waals surface area (Å²) >= 11 is 3.47. The van der Waals surface area contributed by atoms with E-state index in [9.17, 15) is 0 Å². The molecule has 0 fully saturated rings. The molecule has 1 aromatic carbocycles. The topological polar surface area (TPSA) is 31.4 Å². The van der Waals surface area contributed by atoms with E-state index in [0.717, 1.165) is 22.2 Å². The van der Waals surface area contributed by atoms with E-state index in [4.69, 9.17) is 9.16 Å². The molecule has 5 heteroatoms. The van der Waals surface area contributed by atoms with Crippen molar-refractivity contribution in [3.63, 3.8) is 0 Å². The highest BCUT2D eigenvalue weighted by Crippen LogP contribution is 2.38. The van der Waals surface area contributed by atoms with Crippen LogP contribution in [-0.4, -0.2) is 19.4 Å². The zero-order chi connectivity index (χ0) is 19.4. The van der Waals surface area contributed by atoms with E-state index >= 15 is 0 Å². The summed E-state index contributed by atoms with van der Waals surface area (Å²) in [5.74, 6) is 0.856. The van der Waals surface area contributed by atoms with Crippen LogP contribution in [0.25, 0.3) is 0 Å². The van der Waals surface area contributed by atoms with Crippen molar-refractivity contribution in [1.29, 1.82) is 0 Å². The van der Waals surface area contributed by atoms with Gasteiger partial charge in [0.1, 0.15) is 11.9 Å². The molecule has 3 nitrogen and oxygen atoms in total. The van der Waals surface area contributed by atoms with Crippen LogP contribution in [0.3, 0.4) is 0 Å². The lowest BCUT2D eigenvalue weighted by Crippen LogP contribution is -2.43. The van der Waals surface area contributed by atoms with Gasteiger partial charge in [0.15, 0.2) is 8.32 Å². The van der Waals surface area contributed by atoms with E-state index in [0.29, 0.717) is 0 Å². The van der Waals surface area contributed by atoms with E-state index < -0.39 is 8.32 Å². The largest absolute Gasteiger partial charge is 0.486 e. The molecule has 2 atom stereocenters. The second-order valence-electron chi connectivity index (χ2n) is 8.27. The quantitative estimate of drug-likeness (QED) is 0.449. The normalized spacial score (nSPS) is 14.7. The summed E-state index contributed by atoms with van der Waals surface area (Å²) in [5, 5.41) is 0.194. The number of hydrogen-bond acceptors (Lipinski definition) is 3. The Bertz CT molecular complexity index is 683. The number of nitrogens with zero attached hydrogens (tertiary/aromatic N) is 1. The third-order valence-corrected chi connectivity index (χ3v) is 10.2. The zero-order valence-electron chi connectivity index (χ0n) is 16.6. The molecule has 142 valence electrons. The fraction of sp³-hybridized carbons (Fsp3) is 0.476. The molecule has 0 aliphatic carbocycles. The minimum absolute atomic E-state index is 0.0704. The summed E-state index contributed by atoms with van der Waals surface area (Å²) in [6, 6.07) is 12.0. The van der Waals surface area contributed by atoms with Crippen molar-refractivity contribution >= 4 is 24.2 Å². The van der Waals surface area contributed by atoms with Gasteiger partial charge in [0.25, 0.3) is 0 Å². The van der Waals surface area contributed by atoms with Crippen LogP contribution in [0.2, 0.25) is 18.1 Å². The maximum atomic E-state index is 6.55. The fourth-order valence-corrected chi connectivity index (χ4v) is 4.26. The molecule has 1 heterocycles. The smallest absolute Gasteiger partial charge is 0.192 e. The first-order valence-electron chi connectivity index (χ1n) is 9.08. The fourth-order valence-electron chi connectivity index (χ4n) is 2.54.